The van der Waals surface area contributed by atoms with Crippen LogP contribution in [0.2, 0.25) is 0 Å². The molecule has 0 saturated carbocycles. The van der Waals surface area contributed by atoms with Crippen molar-refractivity contribution in [2.75, 3.05) is 14.2 Å². The largest absolute Gasteiger partial charge is 0.496 e. The lowest BCUT2D eigenvalue weighted by Gasteiger charge is -2.18. The van der Waals surface area contributed by atoms with E-state index in [4.69, 9.17) is 9.26 Å². The number of rotatable bonds is 5. The van der Waals surface area contributed by atoms with Gasteiger partial charge in [0.25, 0.3) is 0 Å². The molecule has 0 fully saturated rings. The lowest BCUT2D eigenvalue weighted by molar-refractivity contribution is 0.388. The number of methoxy groups -OCH3 is 1. The molecule has 0 atom stereocenters. The summed E-state index contributed by atoms with van der Waals surface area (Å²) in [6.07, 6.45) is 0. The highest BCUT2D eigenvalue weighted by Crippen LogP contribution is 2.25. The van der Waals surface area contributed by atoms with Gasteiger partial charge in [-0.3, -0.25) is 0 Å². The number of para-hydroxylation sites is 1. The van der Waals surface area contributed by atoms with Crippen molar-refractivity contribution in [1.29, 1.82) is 0 Å². The van der Waals surface area contributed by atoms with E-state index in [-0.39, 0.29) is 11.4 Å². The lowest BCUT2D eigenvalue weighted by Crippen LogP contribution is -2.27. The van der Waals surface area contributed by atoms with Crippen molar-refractivity contribution in [1.82, 2.24) is 9.46 Å². The topological polar surface area (TPSA) is 72.6 Å². The minimum Gasteiger partial charge on any atom is -0.496 e. The van der Waals surface area contributed by atoms with Crippen LogP contribution in [0.25, 0.3) is 0 Å². The monoisotopic (exact) mass is 310 g/mol. The van der Waals surface area contributed by atoms with E-state index in [1.807, 2.05) is 18.2 Å². The number of hydrogen-bond acceptors (Lipinski definition) is 5. The molecule has 0 amide bonds. The van der Waals surface area contributed by atoms with Gasteiger partial charge in [-0.05, 0) is 19.9 Å². The van der Waals surface area contributed by atoms with Crippen LogP contribution in [-0.4, -0.2) is 32.0 Å². The average molecular weight is 310 g/mol. The van der Waals surface area contributed by atoms with Crippen molar-refractivity contribution in [3.63, 3.8) is 0 Å². The maximum absolute atomic E-state index is 12.6. The third-order valence-electron chi connectivity index (χ3n) is 3.22. The zero-order valence-electron chi connectivity index (χ0n) is 12.5. The summed E-state index contributed by atoms with van der Waals surface area (Å²) in [5, 5.41) is 3.70. The summed E-state index contributed by atoms with van der Waals surface area (Å²) >= 11 is 0. The minimum atomic E-state index is -3.66. The van der Waals surface area contributed by atoms with Crippen LogP contribution in [0.4, 0.5) is 0 Å². The summed E-state index contributed by atoms with van der Waals surface area (Å²) in [7, 11) is -0.580. The molecule has 0 spiro atoms. The van der Waals surface area contributed by atoms with E-state index in [0.29, 0.717) is 17.2 Å². The maximum Gasteiger partial charge on any atom is 0.248 e. The number of nitrogens with zero attached hydrogens (tertiary/aromatic N) is 2. The fourth-order valence-electron chi connectivity index (χ4n) is 2.16. The Labute approximate surface area is 124 Å². The molecule has 0 aliphatic rings. The highest BCUT2D eigenvalue weighted by Gasteiger charge is 2.29. The molecule has 0 aliphatic carbocycles. The Balaban J connectivity index is 2.34. The number of hydrogen-bond donors (Lipinski definition) is 0. The van der Waals surface area contributed by atoms with E-state index in [1.54, 1.807) is 27.0 Å². The van der Waals surface area contributed by atoms with Crippen LogP contribution >= 0.6 is 0 Å². The van der Waals surface area contributed by atoms with Crippen molar-refractivity contribution in [2.45, 2.75) is 25.3 Å². The number of aromatic nitrogens is 1. The van der Waals surface area contributed by atoms with E-state index in [9.17, 15) is 8.42 Å². The Hall–Kier alpha value is -1.86. The Bertz CT molecular complexity index is 718. The van der Waals surface area contributed by atoms with Gasteiger partial charge in [0.15, 0.2) is 5.76 Å². The van der Waals surface area contributed by atoms with Crippen molar-refractivity contribution in [3.05, 3.63) is 41.3 Å². The standard InChI is InChI=1S/C14H18N2O4S/c1-10-14(11(2)20-15-10)21(17,18)16(3)9-12-7-5-6-8-13(12)19-4/h5-8H,9H2,1-4H3. The molecule has 21 heavy (non-hydrogen) atoms. The minimum absolute atomic E-state index is 0.125. The van der Waals surface area contributed by atoms with Gasteiger partial charge in [-0.25, -0.2) is 8.42 Å². The molecule has 7 heteroatoms. The molecule has 0 bridgehead atoms. The molecule has 114 valence electrons. The van der Waals surface area contributed by atoms with Crippen LogP contribution in [0.15, 0.2) is 33.7 Å². The van der Waals surface area contributed by atoms with Crippen LogP contribution in [-0.2, 0) is 16.6 Å². The lowest BCUT2D eigenvalue weighted by atomic mass is 10.2. The zero-order valence-corrected chi connectivity index (χ0v) is 13.3. The van der Waals surface area contributed by atoms with Gasteiger partial charge in [-0.15, -0.1) is 0 Å². The van der Waals surface area contributed by atoms with Gasteiger partial charge in [0.2, 0.25) is 10.0 Å². The van der Waals surface area contributed by atoms with Crippen LogP contribution in [0.3, 0.4) is 0 Å². The van der Waals surface area contributed by atoms with Gasteiger partial charge in [-0.2, -0.15) is 4.31 Å². The van der Waals surface area contributed by atoms with Gasteiger partial charge in [0.1, 0.15) is 16.3 Å². The number of sulfonamides is 1. The van der Waals surface area contributed by atoms with Crippen molar-refractivity contribution in [3.8, 4) is 5.75 Å². The summed E-state index contributed by atoms with van der Waals surface area (Å²) in [6, 6.07) is 7.31. The van der Waals surface area contributed by atoms with Crippen LogP contribution in [0.1, 0.15) is 17.0 Å². The van der Waals surface area contributed by atoms with Gasteiger partial charge in [0, 0.05) is 19.2 Å². The summed E-state index contributed by atoms with van der Waals surface area (Å²) in [5.74, 6) is 0.942. The van der Waals surface area contributed by atoms with Gasteiger partial charge in [0.05, 0.1) is 7.11 Å². The van der Waals surface area contributed by atoms with Crippen molar-refractivity contribution in [2.24, 2.45) is 0 Å². The second-order valence-corrected chi connectivity index (χ2v) is 6.71. The van der Waals surface area contributed by atoms with E-state index in [2.05, 4.69) is 5.16 Å². The first-order valence-electron chi connectivity index (χ1n) is 6.39. The maximum atomic E-state index is 12.6. The predicted octanol–water partition coefficient (Wildman–Crippen LogP) is 2.12. The molecule has 0 N–H and O–H groups in total. The second kappa shape index (κ2) is 5.87. The third kappa shape index (κ3) is 2.93. The molecule has 1 heterocycles. The molecular formula is C14H18N2O4S. The fraction of sp³-hybridized carbons (Fsp3) is 0.357. The third-order valence-corrected chi connectivity index (χ3v) is 5.27. The Morgan fingerprint density at radius 3 is 2.52 bits per heavy atom. The smallest absolute Gasteiger partial charge is 0.248 e. The predicted molar refractivity (Wildman–Crippen MR) is 77.6 cm³/mol. The highest BCUT2D eigenvalue weighted by atomic mass is 32.2. The van der Waals surface area contributed by atoms with Crippen molar-refractivity contribution < 1.29 is 17.7 Å². The Kier molecular flexibility index (Phi) is 4.34. The molecule has 0 aliphatic heterocycles. The van der Waals surface area contributed by atoms with E-state index in [0.717, 1.165) is 5.56 Å². The summed E-state index contributed by atoms with van der Waals surface area (Å²) < 4.78 is 36.7. The SMILES string of the molecule is COc1ccccc1CN(C)S(=O)(=O)c1c(C)noc1C. The molecule has 0 saturated heterocycles. The van der Waals surface area contributed by atoms with Gasteiger partial charge >= 0.3 is 0 Å². The molecular weight excluding hydrogens is 292 g/mol. The second-order valence-electron chi connectivity index (χ2n) is 4.73. The van der Waals surface area contributed by atoms with Gasteiger partial charge < -0.3 is 9.26 Å². The molecule has 2 aromatic rings. The van der Waals surface area contributed by atoms with E-state index in [1.165, 1.54) is 11.4 Å². The molecule has 1 aromatic heterocycles. The molecule has 0 unspecified atom stereocenters. The highest BCUT2D eigenvalue weighted by molar-refractivity contribution is 7.89. The van der Waals surface area contributed by atoms with Crippen LogP contribution < -0.4 is 4.74 Å². The number of benzene rings is 1. The number of ether oxygens (including phenoxy) is 1. The molecule has 1 aromatic carbocycles. The zero-order chi connectivity index (χ0) is 15.6. The quantitative estimate of drug-likeness (QED) is 0.846. The van der Waals surface area contributed by atoms with E-state index < -0.39 is 10.0 Å². The van der Waals surface area contributed by atoms with Crippen LogP contribution in [0.5, 0.6) is 5.75 Å². The Morgan fingerprint density at radius 2 is 1.95 bits per heavy atom. The molecule has 6 nitrogen and oxygen atoms in total. The van der Waals surface area contributed by atoms with Gasteiger partial charge in [-0.1, -0.05) is 23.4 Å². The molecule has 2 rings (SSSR count). The number of aryl methyl sites for hydroxylation is 2. The first-order valence-corrected chi connectivity index (χ1v) is 7.83. The fourth-order valence-corrected chi connectivity index (χ4v) is 3.59. The first-order chi connectivity index (χ1) is 9.87. The summed E-state index contributed by atoms with van der Waals surface area (Å²) in [6.45, 7) is 3.40. The molecule has 0 radical (unpaired) electrons. The first kappa shape index (κ1) is 15.5. The summed E-state index contributed by atoms with van der Waals surface area (Å²) in [4.78, 5) is 0.125. The van der Waals surface area contributed by atoms with E-state index >= 15 is 0 Å². The van der Waals surface area contributed by atoms with Crippen LogP contribution in [0, 0.1) is 13.8 Å². The normalized spacial score (nSPS) is 11.9. The van der Waals surface area contributed by atoms with Crippen molar-refractivity contribution >= 4 is 10.0 Å². The average Bonchev–Trinajstić information content (AvgIpc) is 2.79. The Morgan fingerprint density at radius 1 is 1.29 bits per heavy atom. The summed E-state index contributed by atoms with van der Waals surface area (Å²) in [5.41, 5.74) is 1.15.